The lowest BCUT2D eigenvalue weighted by Gasteiger charge is -2.12. The van der Waals surface area contributed by atoms with Crippen molar-refractivity contribution in [3.8, 4) is 5.75 Å². The van der Waals surface area contributed by atoms with Gasteiger partial charge in [-0.3, -0.25) is 4.79 Å². The van der Waals surface area contributed by atoms with Crippen LogP contribution in [0, 0.1) is 0 Å². The minimum absolute atomic E-state index is 0.236. The van der Waals surface area contributed by atoms with Crippen molar-refractivity contribution in [1.29, 1.82) is 0 Å². The Bertz CT molecular complexity index is 436. The topological polar surface area (TPSA) is 67.6 Å². The maximum absolute atomic E-state index is 11.9. The van der Waals surface area contributed by atoms with Crippen LogP contribution in [0.5, 0.6) is 5.75 Å². The lowest BCUT2D eigenvalue weighted by atomic mass is 10.1. The number of hydrogen-bond donors (Lipinski definition) is 2. The number of anilines is 1. The van der Waals surface area contributed by atoms with Crippen molar-refractivity contribution < 1.29 is 9.53 Å². The molecular formula is C12H18ClN3O2. The number of amides is 1. The van der Waals surface area contributed by atoms with Gasteiger partial charge in [-0.15, -0.1) is 0 Å². The van der Waals surface area contributed by atoms with Gasteiger partial charge in [-0.1, -0.05) is 11.6 Å². The maximum atomic E-state index is 11.9. The summed E-state index contributed by atoms with van der Waals surface area (Å²) in [5.41, 5.74) is 6.47. The molecule has 0 heterocycles. The van der Waals surface area contributed by atoms with Crippen molar-refractivity contribution in [3.63, 3.8) is 0 Å². The Morgan fingerprint density at radius 2 is 2.17 bits per heavy atom. The van der Waals surface area contributed by atoms with Crippen molar-refractivity contribution in [2.24, 2.45) is 0 Å². The number of benzene rings is 1. The van der Waals surface area contributed by atoms with E-state index in [1.54, 1.807) is 6.07 Å². The van der Waals surface area contributed by atoms with Crippen LogP contribution in [0.2, 0.25) is 5.02 Å². The molecule has 1 amide bonds. The SMILES string of the molecule is COc1cc(C(=O)NCCN(C)C)c(Cl)cc1N. The average Bonchev–Trinajstić information content (AvgIpc) is 2.28. The molecule has 18 heavy (non-hydrogen) atoms. The molecule has 0 spiro atoms. The van der Waals surface area contributed by atoms with Crippen LogP contribution in [-0.4, -0.2) is 45.1 Å². The van der Waals surface area contributed by atoms with E-state index < -0.39 is 0 Å². The zero-order valence-electron chi connectivity index (χ0n) is 10.8. The number of nitrogens with zero attached hydrogens (tertiary/aromatic N) is 1. The quantitative estimate of drug-likeness (QED) is 0.791. The number of methoxy groups -OCH3 is 1. The van der Waals surface area contributed by atoms with E-state index >= 15 is 0 Å². The van der Waals surface area contributed by atoms with Crippen molar-refractivity contribution in [2.75, 3.05) is 40.0 Å². The minimum Gasteiger partial charge on any atom is -0.495 e. The summed E-state index contributed by atoms with van der Waals surface area (Å²) >= 11 is 5.99. The van der Waals surface area contributed by atoms with Crippen molar-refractivity contribution in [2.45, 2.75) is 0 Å². The van der Waals surface area contributed by atoms with Crippen molar-refractivity contribution in [3.05, 3.63) is 22.7 Å². The fourth-order valence-electron chi connectivity index (χ4n) is 1.41. The van der Waals surface area contributed by atoms with E-state index in [4.69, 9.17) is 22.1 Å². The Labute approximate surface area is 112 Å². The first-order valence-corrected chi connectivity index (χ1v) is 5.89. The van der Waals surface area contributed by atoms with E-state index in [0.717, 1.165) is 6.54 Å². The first-order valence-electron chi connectivity index (χ1n) is 5.51. The molecule has 0 radical (unpaired) electrons. The second-order valence-corrected chi connectivity index (χ2v) is 4.54. The molecule has 0 saturated heterocycles. The molecule has 6 heteroatoms. The highest BCUT2D eigenvalue weighted by molar-refractivity contribution is 6.34. The monoisotopic (exact) mass is 271 g/mol. The van der Waals surface area contributed by atoms with E-state index in [9.17, 15) is 4.79 Å². The molecule has 1 aromatic carbocycles. The molecule has 1 aromatic rings. The van der Waals surface area contributed by atoms with E-state index in [0.29, 0.717) is 28.6 Å². The molecule has 3 N–H and O–H groups in total. The van der Waals surface area contributed by atoms with Gasteiger partial charge in [0.2, 0.25) is 0 Å². The largest absolute Gasteiger partial charge is 0.495 e. The van der Waals surface area contributed by atoms with Crippen LogP contribution in [-0.2, 0) is 0 Å². The molecule has 0 atom stereocenters. The molecular weight excluding hydrogens is 254 g/mol. The number of ether oxygens (including phenoxy) is 1. The molecule has 1 rings (SSSR count). The van der Waals surface area contributed by atoms with E-state index in [1.165, 1.54) is 13.2 Å². The van der Waals surface area contributed by atoms with Crippen LogP contribution in [0.3, 0.4) is 0 Å². The zero-order valence-corrected chi connectivity index (χ0v) is 11.5. The van der Waals surface area contributed by atoms with Gasteiger partial charge in [0.1, 0.15) is 5.75 Å². The molecule has 0 aliphatic carbocycles. The number of rotatable bonds is 5. The van der Waals surface area contributed by atoms with Gasteiger partial charge in [-0.25, -0.2) is 0 Å². The third kappa shape index (κ3) is 3.78. The molecule has 0 fully saturated rings. The number of carbonyl (C=O) groups excluding carboxylic acids is 1. The highest BCUT2D eigenvalue weighted by atomic mass is 35.5. The Morgan fingerprint density at radius 3 is 2.72 bits per heavy atom. The normalized spacial score (nSPS) is 10.5. The third-order valence-corrected chi connectivity index (χ3v) is 2.72. The number of nitrogens with two attached hydrogens (primary N) is 1. The summed E-state index contributed by atoms with van der Waals surface area (Å²) in [6.07, 6.45) is 0. The van der Waals surface area contributed by atoms with Crippen molar-refractivity contribution >= 4 is 23.2 Å². The first kappa shape index (κ1) is 14.6. The zero-order chi connectivity index (χ0) is 13.7. The fraction of sp³-hybridized carbons (Fsp3) is 0.417. The van der Waals surface area contributed by atoms with Crippen LogP contribution in [0.25, 0.3) is 0 Å². The Balaban J connectivity index is 2.79. The van der Waals surface area contributed by atoms with Crippen LogP contribution in [0.1, 0.15) is 10.4 Å². The predicted molar refractivity (Wildman–Crippen MR) is 73.3 cm³/mol. The second-order valence-electron chi connectivity index (χ2n) is 4.13. The summed E-state index contributed by atoms with van der Waals surface area (Å²) in [4.78, 5) is 13.9. The Morgan fingerprint density at radius 1 is 1.50 bits per heavy atom. The highest BCUT2D eigenvalue weighted by Crippen LogP contribution is 2.28. The Hall–Kier alpha value is -1.46. The molecule has 0 aliphatic heterocycles. The van der Waals surface area contributed by atoms with Gasteiger partial charge in [-0.05, 0) is 26.2 Å². The summed E-state index contributed by atoms with van der Waals surface area (Å²) in [7, 11) is 5.37. The number of carbonyl (C=O) groups is 1. The van der Waals surface area contributed by atoms with Gasteiger partial charge < -0.3 is 20.7 Å². The fourth-order valence-corrected chi connectivity index (χ4v) is 1.67. The minimum atomic E-state index is -0.236. The van der Waals surface area contributed by atoms with E-state index in [1.807, 2.05) is 19.0 Å². The molecule has 0 bridgehead atoms. The van der Waals surface area contributed by atoms with Gasteiger partial charge in [0, 0.05) is 13.1 Å². The lowest BCUT2D eigenvalue weighted by molar-refractivity contribution is 0.0951. The second kappa shape index (κ2) is 6.47. The highest BCUT2D eigenvalue weighted by Gasteiger charge is 2.13. The van der Waals surface area contributed by atoms with Gasteiger partial charge in [-0.2, -0.15) is 0 Å². The van der Waals surface area contributed by atoms with Crippen LogP contribution >= 0.6 is 11.6 Å². The van der Waals surface area contributed by atoms with E-state index in [-0.39, 0.29) is 5.91 Å². The summed E-state index contributed by atoms with van der Waals surface area (Å²) in [6.45, 7) is 1.31. The van der Waals surface area contributed by atoms with Crippen molar-refractivity contribution in [1.82, 2.24) is 10.2 Å². The number of likely N-dealkylation sites (N-methyl/N-ethyl adjacent to an activating group) is 1. The molecule has 0 unspecified atom stereocenters. The smallest absolute Gasteiger partial charge is 0.252 e. The van der Waals surface area contributed by atoms with Crippen LogP contribution in [0.4, 0.5) is 5.69 Å². The number of hydrogen-bond acceptors (Lipinski definition) is 4. The maximum Gasteiger partial charge on any atom is 0.252 e. The summed E-state index contributed by atoms with van der Waals surface area (Å²) in [5, 5.41) is 3.10. The molecule has 5 nitrogen and oxygen atoms in total. The summed E-state index contributed by atoms with van der Waals surface area (Å²) in [5.74, 6) is 0.206. The van der Waals surface area contributed by atoms with E-state index in [2.05, 4.69) is 5.32 Å². The van der Waals surface area contributed by atoms with Gasteiger partial charge in [0.15, 0.2) is 0 Å². The third-order valence-electron chi connectivity index (χ3n) is 2.41. The van der Waals surface area contributed by atoms with Crippen LogP contribution in [0.15, 0.2) is 12.1 Å². The molecule has 0 aliphatic rings. The number of halogens is 1. The standard InChI is InChI=1S/C12H18ClN3O2/c1-16(2)5-4-15-12(17)8-6-11(18-3)10(14)7-9(8)13/h6-7H,4-5,14H2,1-3H3,(H,15,17). The predicted octanol–water partition coefficient (Wildman–Crippen LogP) is 1.22. The Kier molecular flexibility index (Phi) is 5.25. The van der Waals surface area contributed by atoms with Gasteiger partial charge in [0.25, 0.3) is 5.91 Å². The molecule has 0 saturated carbocycles. The van der Waals surface area contributed by atoms with Gasteiger partial charge in [0.05, 0.1) is 23.4 Å². The lowest BCUT2D eigenvalue weighted by Crippen LogP contribution is -2.31. The number of nitrogens with one attached hydrogen (secondary N) is 1. The summed E-state index contributed by atoms with van der Waals surface area (Å²) in [6, 6.07) is 3.06. The first-order chi connectivity index (χ1) is 8.45. The number of nitrogen functional groups attached to an aromatic ring is 1. The van der Waals surface area contributed by atoms with Gasteiger partial charge >= 0.3 is 0 Å². The molecule has 0 aromatic heterocycles. The van der Waals surface area contributed by atoms with Crippen LogP contribution < -0.4 is 15.8 Å². The molecule has 100 valence electrons. The average molecular weight is 272 g/mol. The summed E-state index contributed by atoms with van der Waals surface area (Å²) < 4.78 is 5.06.